The normalized spacial score (nSPS) is 16.8. The molecule has 0 saturated heterocycles. The Bertz CT molecular complexity index is 85.1. The third kappa shape index (κ3) is 4.69. The molecule has 4 N–H and O–H groups in total. The summed E-state index contributed by atoms with van der Waals surface area (Å²) < 4.78 is 0. The molecule has 0 aliphatic carbocycles. The van der Waals surface area contributed by atoms with Gasteiger partial charge in [-0.3, -0.25) is 0 Å². The molecule has 0 aliphatic heterocycles. The lowest BCUT2D eigenvalue weighted by Crippen LogP contribution is -2.39. The fraction of sp³-hybridized carbons (Fsp3) is 1.00. The highest BCUT2D eigenvalue weighted by molar-refractivity contribution is 4.63. The number of unbranched alkanes of at least 4 members (excludes halogenated alkanes) is 1. The molecular formula is C6H15NO3. The van der Waals surface area contributed by atoms with Crippen LogP contribution in [0.1, 0.15) is 26.2 Å². The Labute approximate surface area is 60.5 Å². The molecule has 0 aromatic carbocycles. The summed E-state index contributed by atoms with van der Waals surface area (Å²) in [5.41, 5.74) is 0.561. The molecule has 0 bridgehead atoms. The molecule has 0 saturated carbocycles. The fourth-order valence-electron chi connectivity index (χ4n) is 0.637. The molecule has 0 radical (unpaired) electrons. The number of hydroxylamine groups is 1. The zero-order valence-corrected chi connectivity index (χ0v) is 6.17. The number of rotatable bonds is 5. The van der Waals surface area contributed by atoms with E-state index < -0.39 is 5.72 Å². The van der Waals surface area contributed by atoms with Gasteiger partial charge >= 0.3 is 0 Å². The molecule has 0 fully saturated rings. The van der Waals surface area contributed by atoms with E-state index in [1.54, 1.807) is 5.48 Å². The van der Waals surface area contributed by atoms with Gasteiger partial charge in [-0.15, -0.1) is 0 Å². The van der Waals surface area contributed by atoms with Crippen LogP contribution in [-0.2, 0) is 0 Å². The minimum Gasteiger partial charge on any atom is -0.396 e. The van der Waals surface area contributed by atoms with Crippen LogP contribution < -0.4 is 5.48 Å². The van der Waals surface area contributed by atoms with Crippen LogP contribution in [0.15, 0.2) is 0 Å². The summed E-state index contributed by atoms with van der Waals surface area (Å²) in [5, 5.41) is 25.8. The van der Waals surface area contributed by atoms with Crippen LogP contribution in [0, 0.1) is 0 Å². The average Bonchev–Trinajstić information content (AvgIpc) is 1.89. The van der Waals surface area contributed by atoms with Gasteiger partial charge in [-0.2, -0.15) is 5.48 Å². The molecule has 0 rings (SSSR count). The maximum absolute atomic E-state index is 9.11. The Morgan fingerprint density at radius 2 is 2.00 bits per heavy atom. The minimum absolute atomic E-state index is 0.126. The lowest BCUT2D eigenvalue weighted by molar-refractivity contribution is -0.0861. The number of hydrogen-bond acceptors (Lipinski definition) is 4. The zero-order chi connectivity index (χ0) is 8.04. The van der Waals surface area contributed by atoms with Crippen molar-refractivity contribution in [3.05, 3.63) is 0 Å². The summed E-state index contributed by atoms with van der Waals surface area (Å²) in [6, 6.07) is 0. The van der Waals surface area contributed by atoms with Crippen molar-refractivity contribution in [1.82, 2.24) is 5.48 Å². The van der Waals surface area contributed by atoms with Gasteiger partial charge in [-0.05, 0) is 26.2 Å². The number of aliphatic hydroxyl groups is 2. The molecule has 0 aromatic rings. The lowest BCUT2D eigenvalue weighted by atomic mass is 10.1. The quantitative estimate of drug-likeness (QED) is 0.249. The van der Waals surface area contributed by atoms with E-state index in [9.17, 15) is 0 Å². The predicted molar refractivity (Wildman–Crippen MR) is 36.5 cm³/mol. The van der Waals surface area contributed by atoms with Crippen LogP contribution in [0.4, 0.5) is 0 Å². The summed E-state index contributed by atoms with van der Waals surface area (Å²) in [6.07, 6.45) is 1.78. The standard InChI is InChI=1S/C6H15NO3/c1-6(9,7-10)4-2-3-5-8/h7-10H,2-5H2,1H3. The molecule has 0 aromatic heterocycles. The van der Waals surface area contributed by atoms with E-state index in [0.29, 0.717) is 19.3 Å². The highest BCUT2D eigenvalue weighted by Crippen LogP contribution is 2.08. The molecular weight excluding hydrogens is 134 g/mol. The van der Waals surface area contributed by atoms with Gasteiger partial charge in [0.05, 0.1) is 0 Å². The zero-order valence-electron chi connectivity index (χ0n) is 6.17. The monoisotopic (exact) mass is 149 g/mol. The van der Waals surface area contributed by atoms with E-state index in [-0.39, 0.29) is 6.61 Å². The van der Waals surface area contributed by atoms with Crippen LogP contribution in [0.5, 0.6) is 0 Å². The third-order valence-electron chi connectivity index (χ3n) is 1.31. The third-order valence-corrected chi connectivity index (χ3v) is 1.31. The van der Waals surface area contributed by atoms with E-state index in [2.05, 4.69) is 0 Å². The van der Waals surface area contributed by atoms with Gasteiger partial charge in [0.15, 0.2) is 0 Å². The Balaban J connectivity index is 3.28. The first-order valence-electron chi connectivity index (χ1n) is 3.37. The highest BCUT2D eigenvalue weighted by atomic mass is 16.5. The molecule has 0 spiro atoms. The Morgan fingerprint density at radius 3 is 2.40 bits per heavy atom. The topological polar surface area (TPSA) is 72.7 Å². The van der Waals surface area contributed by atoms with Crippen molar-refractivity contribution in [2.24, 2.45) is 0 Å². The van der Waals surface area contributed by atoms with Crippen molar-refractivity contribution < 1.29 is 15.4 Å². The summed E-state index contributed by atoms with van der Waals surface area (Å²) in [5.74, 6) is 0. The predicted octanol–water partition coefficient (Wildman–Crippen LogP) is -0.164. The number of hydrogen-bond donors (Lipinski definition) is 4. The van der Waals surface area contributed by atoms with Crippen LogP contribution in [0.25, 0.3) is 0 Å². The van der Waals surface area contributed by atoms with Crippen LogP contribution in [-0.4, -0.2) is 27.8 Å². The van der Waals surface area contributed by atoms with Crippen molar-refractivity contribution in [3.63, 3.8) is 0 Å². The van der Waals surface area contributed by atoms with E-state index >= 15 is 0 Å². The van der Waals surface area contributed by atoms with Gasteiger partial charge in [0.25, 0.3) is 0 Å². The minimum atomic E-state index is -1.21. The van der Waals surface area contributed by atoms with Crippen LogP contribution in [0.2, 0.25) is 0 Å². The SMILES string of the molecule is CC(O)(CCCCO)NO. The van der Waals surface area contributed by atoms with E-state index in [1.165, 1.54) is 6.92 Å². The average molecular weight is 149 g/mol. The number of aliphatic hydroxyl groups excluding tert-OH is 1. The highest BCUT2D eigenvalue weighted by Gasteiger charge is 2.16. The summed E-state index contributed by atoms with van der Waals surface area (Å²) in [7, 11) is 0. The van der Waals surface area contributed by atoms with Crippen LogP contribution >= 0.6 is 0 Å². The summed E-state index contributed by atoms with van der Waals surface area (Å²) in [4.78, 5) is 0. The molecule has 0 aliphatic rings. The molecule has 0 amide bonds. The van der Waals surface area contributed by atoms with Crippen molar-refractivity contribution in [1.29, 1.82) is 0 Å². The Hall–Kier alpha value is -0.160. The van der Waals surface area contributed by atoms with Gasteiger partial charge < -0.3 is 15.4 Å². The second-order valence-electron chi connectivity index (χ2n) is 2.57. The molecule has 0 heterocycles. The maximum atomic E-state index is 9.11. The van der Waals surface area contributed by atoms with E-state index in [1.807, 2.05) is 0 Å². The molecule has 62 valence electrons. The van der Waals surface area contributed by atoms with Crippen molar-refractivity contribution in [2.75, 3.05) is 6.61 Å². The fourth-order valence-corrected chi connectivity index (χ4v) is 0.637. The van der Waals surface area contributed by atoms with Crippen molar-refractivity contribution in [3.8, 4) is 0 Å². The molecule has 10 heavy (non-hydrogen) atoms. The first-order chi connectivity index (χ1) is 4.62. The summed E-state index contributed by atoms with van der Waals surface area (Å²) >= 11 is 0. The van der Waals surface area contributed by atoms with Gasteiger partial charge in [-0.25, -0.2) is 0 Å². The van der Waals surface area contributed by atoms with Gasteiger partial charge in [0.1, 0.15) is 5.72 Å². The second kappa shape index (κ2) is 4.62. The van der Waals surface area contributed by atoms with E-state index in [0.717, 1.165) is 0 Å². The Morgan fingerprint density at radius 1 is 1.40 bits per heavy atom. The maximum Gasteiger partial charge on any atom is 0.134 e. The van der Waals surface area contributed by atoms with Gasteiger partial charge in [0, 0.05) is 6.61 Å². The molecule has 1 unspecified atom stereocenters. The molecule has 4 nitrogen and oxygen atoms in total. The largest absolute Gasteiger partial charge is 0.396 e. The van der Waals surface area contributed by atoms with Crippen LogP contribution in [0.3, 0.4) is 0 Å². The first kappa shape index (κ1) is 9.84. The molecule has 1 atom stereocenters. The first-order valence-corrected chi connectivity index (χ1v) is 3.37. The van der Waals surface area contributed by atoms with E-state index in [4.69, 9.17) is 15.4 Å². The lowest BCUT2D eigenvalue weighted by Gasteiger charge is -2.20. The van der Waals surface area contributed by atoms with Crippen molar-refractivity contribution in [2.45, 2.75) is 31.9 Å². The smallest absolute Gasteiger partial charge is 0.134 e. The Kier molecular flexibility index (Phi) is 4.55. The summed E-state index contributed by atoms with van der Waals surface area (Å²) in [6.45, 7) is 1.60. The van der Waals surface area contributed by atoms with Gasteiger partial charge in [0.2, 0.25) is 0 Å². The molecule has 4 heteroatoms. The second-order valence-corrected chi connectivity index (χ2v) is 2.57. The van der Waals surface area contributed by atoms with Crippen molar-refractivity contribution >= 4 is 0 Å². The van der Waals surface area contributed by atoms with Gasteiger partial charge in [-0.1, -0.05) is 0 Å². The number of nitrogens with one attached hydrogen (secondary N) is 1.